The zero-order valence-electron chi connectivity index (χ0n) is 12.9. The predicted octanol–water partition coefficient (Wildman–Crippen LogP) is 4.91. The molecule has 5 nitrogen and oxygen atoms in total. The van der Waals surface area contributed by atoms with Crippen molar-refractivity contribution in [3.63, 3.8) is 0 Å². The first kappa shape index (κ1) is 16.0. The molecule has 3 rings (SSSR count). The third kappa shape index (κ3) is 3.89. The molecule has 0 atom stereocenters. The molecule has 0 aliphatic heterocycles. The van der Waals surface area contributed by atoms with Gasteiger partial charge in [-0.25, -0.2) is 4.98 Å². The number of anilines is 4. The second-order valence-corrected chi connectivity index (χ2v) is 6.08. The van der Waals surface area contributed by atoms with Crippen LogP contribution in [0.4, 0.5) is 23.1 Å². The zero-order chi connectivity index (χ0) is 16.9. The lowest BCUT2D eigenvalue weighted by molar-refractivity contribution is 1.16. The van der Waals surface area contributed by atoms with Gasteiger partial charge in [0.1, 0.15) is 5.82 Å². The first-order chi connectivity index (χ1) is 11.6. The summed E-state index contributed by atoms with van der Waals surface area (Å²) >= 11 is 3.45. The van der Waals surface area contributed by atoms with Crippen molar-refractivity contribution >= 4 is 39.1 Å². The quantitative estimate of drug-likeness (QED) is 0.673. The van der Waals surface area contributed by atoms with E-state index >= 15 is 0 Å². The predicted molar refractivity (Wildman–Crippen MR) is 98.6 cm³/mol. The molecule has 1 heterocycles. The average Bonchev–Trinajstić information content (AvgIpc) is 2.58. The molecule has 0 fully saturated rings. The fourth-order valence-corrected chi connectivity index (χ4v) is 2.67. The van der Waals surface area contributed by atoms with Crippen LogP contribution < -0.4 is 10.6 Å². The molecule has 0 spiro atoms. The van der Waals surface area contributed by atoms with Crippen LogP contribution in [0.1, 0.15) is 11.1 Å². The Morgan fingerprint density at radius 2 is 1.96 bits per heavy atom. The van der Waals surface area contributed by atoms with Crippen LogP contribution in [0.3, 0.4) is 0 Å². The van der Waals surface area contributed by atoms with Crippen molar-refractivity contribution < 1.29 is 0 Å². The Morgan fingerprint density at radius 1 is 1.08 bits per heavy atom. The van der Waals surface area contributed by atoms with Gasteiger partial charge in [-0.05, 0) is 55.0 Å². The first-order valence-corrected chi connectivity index (χ1v) is 8.07. The topological polar surface area (TPSA) is 73.6 Å². The highest BCUT2D eigenvalue weighted by atomic mass is 79.9. The van der Waals surface area contributed by atoms with Crippen molar-refractivity contribution in [2.75, 3.05) is 10.6 Å². The molecular formula is C18H14BrN5. The molecule has 24 heavy (non-hydrogen) atoms. The third-order valence-corrected chi connectivity index (χ3v) is 3.85. The van der Waals surface area contributed by atoms with Gasteiger partial charge < -0.3 is 10.6 Å². The van der Waals surface area contributed by atoms with Crippen LogP contribution in [0, 0.1) is 18.3 Å². The van der Waals surface area contributed by atoms with Gasteiger partial charge in [-0.15, -0.1) is 0 Å². The van der Waals surface area contributed by atoms with Gasteiger partial charge in [0.15, 0.2) is 0 Å². The summed E-state index contributed by atoms with van der Waals surface area (Å²) in [7, 11) is 0. The van der Waals surface area contributed by atoms with Gasteiger partial charge >= 0.3 is 0 Å². The third-order valence-electron chi connectivity index (χ3n) is 3.35. The number of nitrogens with zero attached hydrogens (tertiary/aromatic N) is 3. The maximum Gasteiger partial charge on any atom is 0.229 e. The number of nitriles is 1. The van der Waals surface area contributed by atoms with Crippen molar-refractivity contribution in [3.8, 4) is 6.07 Å². The highest BCUT2D eigenvalue weighted by molar-refractivity contribution is 9.10. The minimum Gasteiger partial charge on any atom is -0.340 e. The summed E-state index contributed by atoms with van der Waals surface area (Å²) in [5, 5.41) is 15.4. The summed E-state index contributed by atoms with van der Waals surface area (Å²) in [4.78, 5) is 8.70. The van der Waals surface area contributed by atoms with Gasteiger partial charge in [0.05, 0.1) is 11.6 Å². The maximum atomic E-state index is 8.97. The molecule has 118 valence electrons. The molecule has 0 saturated carbocycles. The molecule has 0 aliphatic carbocycles. The van der Waals surface area contributed by atoms with Crippen LogP contribution in [0.5, 0.6) is 0 Å². The Bertz CT molecular complexity index is 917. The molecule has 0 amide bonds. The SMILES string of the molecule is Cc1cc(Br)ccc1Nc1nccc(Nc2cccc(C#N)c2)n1. The monoisotopic (exact) mass is 379 g/mol. The fourth-order valence-electron chi connectivity index (χ4n) is 2.19. The van der Waals surface area contributed by atoms with Gasteiger partial charge in [0.2, 0.25) is 5.95 Å². The lowest BCUT2D eigenvalue weighted by atomic mass is 10.2. The van der Waals surface area contributed by atoms with E-state index in [9.17, 15) is 0 Å². The van der Waals surface area contributed by atoms with Crippen LogP contribution in [0.15, 0.2) is 59.2 Å². The van der Waals surface area contributed by atoms with Crippen LogP contribution in [0.25, 0.3) is 0 Å². The second kappa shape index (κ2) is 7.11. The minimum absolute atomic E-state index is 0.502. The molecule has 2 aromatic carbocycles. The molecular weight excluding hydrogens is 366 g/mol. The first-order valence-electron chi connectivity index (χ1n) is 7.27. The maximum absolute atomic E-state index is 8.97. The fraction of sp³-hybridized carbons (Fsp3) is 0.0556. The Hall–Kier alpha value is -2.91. The Balaban J connectivity index is 1.80. The van der Waals surface area contributed by atoms with Gasteiger partial charge in [0, 0.05) is 22.0 Å². The van der Waals surface area contributed by atoms with Crippen molar-refractivity contribution in [1.29, 1.82) is 5.26 Å². The molecule has 0 unspecified atom stereocenters. The smallest absolute Gasteiger partial charge is 0.229 e. The highest BCUT2D eigenvalue weighted by Crippen LogP contribution is 2.23. The molecule has 0 saturated heterocycles. The Kier molecular flexibility index (Phi) is 4.73. The summed E-state index contributed by atoms with van der Waals surface area (Å²) in [6, 6.07) is 17.1. The van der Waals surface area contributed by atoms with Crippen LogP contribution in [-0.2, 0) is 0 Å². The highest BCUT2D eigenvalue weighted by Gasteiger charge is 2.04. The molecule has 1 aromatic heterocycles. The van der Waals surface area contributed by atoms with Crippen LogP contribution in [0.2, 0.25) is 0 Å². The number of hydrogen-bond acceptors (Lipinski definition) is 5. The van der Waals surface area contributed by atoms with Crippen molar-refractivity contribution in [3.05, 3.63) is 70.3 Å². The number of rotatable bonds is 4. The number of aryl methyl sites for hydroxylation is 1. The second-order valence-electron chi connectivity index (χ2n) is 5.17. The van der Waals surface area contributed by atoms with Crippen molar-refractivity contribution in [1.82, 2.24) is 9.97 Å². The normalized spacial score (nSPS) is 10.0. The molecule has 6 heteroatoms. The van der Waals surface area contributed by atoms with E-state index in [1.807, 2.05) is 37.3 Å². The van der Waals surface area contributed by atoms with Crippen LogP contribution >= 0.6 is 15.9 Å². The number of hydrogen-bond donors (Lipinski definition) is 2. The number of benzene rings is 2. The molecule has 0 aliphatic rings. The minimum atomic E-state index is 0.502. The summed E-state index contributed by atoms with van der Waals surface area (Å²) in [6.45, 7) is 2.02. The summed E-state index contributed by atoms with van der Waals surface area (Å²) < 4.78 is 1.03. The summed E-state index contributed by atoms with van der Waals surface area (Å²) in [6.07, 6.45) is 1.68. The van der Waals surface area contributed by atoms with Gasteiger partial charge in [0.25, 0.3) is 0 Å². The number of aromatic nitrogens is 2. The lowest BCUT2D eigenvalue weighted by Crippen LogP contribution is -2.01. The summed E-state index contributed by atoms with van der Waals surface area (Å²) in [5.41, 5.74) is 3.44. The largest absolute Gasteiger partial charge is 0.340 e. The van der Waals surface area contributed by atoms with E-state index in [1.54, 1.807) is 24.4 Å². The standard InChI is InChI=1S/C18H14BrN5/c1-12-9-14(19)5-6-16(12)23-18-21-8-7-17(24-18)22-15-4-2-3-13(10-15)11-20/h2-10H,1H3,(H2,21,22,23,24). The van der Waals surface area contributed by atoms with E-state index in [0.717, 1.165) is 21.4 Å². The van der Waals surface area contributed by atoms with E-state index in [0.29, 0.717) is 17.3 Å². The molecule has 2 N–H and O–H groups in total. The Morgan fingerprint density at radius 3 is 2.75 bits per heavy atom. The average molecular weight is 380 g/mol. The Labute approximate surface area is 148 Å². The van der Waals surface area contributed by atoms with Crippen LogP contribution in [-0.4, -0.2) is 9.97 Å². The molecule has 0 radical (unpaired) electrons. The number of nitrogens with one attached hydrogen (secondary N) is 2. The van der Waals surface area contributed by atoms with Crippen molar-refractivity contribution in [2.24, 2.45) is 0 Å². The lowest BCUT2D eigenvalue weighted by Gasteiger charge is -2.10. The van der Waals surface area contributed by atoms with Gasteiger partial charge in [-0.1, -0.05) is 22.0 Å². The van der Waals surface area contributed by atoms with E-state index in [4.69, 9.17) is 5.26 Å². The van der Waals surface area contributed by atoms with E-state index in [-0.39, 0.29) is 0 Å². The van der Waals surface area contributed by atoms with Gasteiger partial charge in [-0.2, -0.15) is 10.2 Å². The van der Waals surface area contributed by atoms with E-state index in [2.05, 4.69) is 42.6 Å². The molecule has 3 aromatic rings. The van der Waals surface area contributed by atoms with E-state index in [1.165, 1.54) is 0 Å². The summed E-state index contributed by atoms with van der Waals surface area (Å²) in [5.74, 6) is 1.15. The van der Waals surface area contributed by atoms with Crippen molar-refractivity contribution in [2.45, 2.75) is 6.92 Å². The molecule has 0 bridgehead atoms. The number of halogens is 1. The van der Waals surface area contributed by atoms with E-state index < -0.39 is 0 Å². The van der Waals surface area contributed by atoms with Gasteiger partial charge in [-0.3, -0.25) is 0 Å². The zero-order valence-corrected chi connectivity index (χ0v) is 14.5.